The second-order valence-electron chi connectivity index (χ2n) is 5.21. The van der Waals surface area contributed by atoms with Crippen molar-refractivity contribution in [3.05, 3.63) is 59.2 Å². The van der Waals surface area contributed by atoms with Crippen LogP contribution < -0.4 is 14.2 Å². The molecule has 0 N–H and O–H groups in total. The zero-order valence-corrected chi connectivity index (χ0v) is 14.5. The predicted molar refractivity (Wildman–Crippen MR) is 95.3 cm³/mol. The Morgan fingerprint density at radius 3 is 2.54 bits per heavy atom. The molecule has 2 aromatic carbocycles. The average molecular weight is 326 g/mol. The molecule has 0 saturated heterocycles. The Morgan fingerprint density at radius 2 is 1.88 bits per heavy atom. The summed E-state index contributed by atoms with van der Waals surface area (Å²) in [5.74, 6) is 1.71. The Morgan fingerprint density at radius 1 is 1.08 bits per heavy atom. The molecule has 24 heavy (non-hydrogen) atoms. The van der Waals surface area contributed by atoms with Gasteiger partial charge in [0.1, 0.15) is 5.75 Å². The van der Waals surface area contributed by atoms with Crippen LogP contribution in [0.15, 0.2) is 42.5 Å². The molecule has 0 aliphatic rings. The number of ketones is 1. The zero-order chi connectivity index (χ0) is 17.5. The first kappa shape index (κ1) is 17.6. The largest absolute Gasteiger partial charge is 0.496 e. The summed E-state index contributed by atoms with van der Waals surface area (Å²) in [5.41, 5.74) is 2.35. The Labute approximate surface area is 142 Å². The second kappa shape index (κ2) is 8.20. The molecule has 0 fully saturated rings. The van der Waals surface area contributed by atoms with Crippen LogP contribution in [0.1, 0.15) is 28.4 Å². The lowest BCUT2D eigenvalue weighted by atomic mass is 10.1. The Bertz CT molecular complexity index is 747. The highest BCUT2D eigenvalue weighted by Gasteiger charge is 2.11. The average Bonchev–Trinajstić information content (AvgIpc) is 2.59. The number of rotatable bonds is 7. The van der Waals surface area contributed by atoms with Crippen molar-refractivity contribution >= 4 is 11.9 Å². The number of aryl methyl sites for hydroxylation is 1. The summed E-state index contributed by atoms with van der Waals surface area (Å²) in [6.07, 6.45) is 3.24. The highest BCUT2D eigenvalue weighted by atomic mass is 16.5. The Kier molecular flexibility index (Phi) is 6.01. The molecule has 0 unspecified atom stereocenters. The molecule has 0 saturated carbocycles. The van der Waals surface area contributed by atoms with E-state index in [9.17, 15) is 4.79 Å². The van der Waals surface area contributed by atoms with Crippen LogP contribution in [0.2, 0.25) is 0 Å². The van der Waals surface area contributed by atoms with E-state index in [0.29, 0.717) is 29.4 Å². The molecule has 0 aliphatic carbocycles. The Hall–Kier alpha value is -2.75. The molecular formula is C20H22O4. The summed E-state index contributed by atoms with van der Waals surface area (Å²) in [6, 6.07) is 11.1. The normalized spacial score (nSPS) is 10.7. The van der Waals surface area contributed by atoms with Crippen molar-refractivity contribution in [1.82, 2.24) is 0 Å². The molecule has 0 spiro atoms. The first-order valence-corrected chi connectivity index (χ1v) is 7.77. The number of hydrogen-bond donors (Lipinski definition) is 0. The van der Waals surface area contributed by atoms with Crippen LogP contribution in [-0.2, 0) is 0 Å². The van der Waals surface area contributed by atoms with Gasteiger partial charge in [-0.3, -0.25) is 4.79 Å². The molecule has 2 aromatic rings. The monoisotopic (exact) mass is 326 g/mol. The molecule has 2 rings (SSSR count). The number of ether oxygens (including phenoxy) is 3. The summed E-state index contributed by atoms with van der Waals surface area (Å²) in [5, 5.41) is 0. The van der Waals surface area contributed by atoms with Gasteiger partial charge in [0.05, 0.1) is 26.4 Å². The summed E-state index contributed by atoms with van der Waals surface area (Å²) < 4.78 is 16.3. The van der Waals surface area contributed by atoms with E-state index in [1.165, 1.54) is 6.08 Å². The van der Waals surface area contributed by atoms with Gasteiger partial charge in [-0.2, -0.15) is 0 Å². The quantitative estimate of drug-likeness (QED) is 0.562. The lowest BCUT2D eigenvalue weighted by molar-refractivity contribution is 0.104. The van der Waals surface area contributed by atoms with Crippen molar-refractivity contribution in [2.45, 2.75) is 13.8 Å². The number of carbonyl (C=O) groups excluding carboxylic acids is 1. The van der Waals surface area contributed by atoms with Gasteiger partial charge in [-0.15, -0.1) is 0 Å². The number of hydrogen-bond acceptors (Lipinski definition) is 4. The highest BCUT2D eigenvalue weighted by molar-refractivity contribution is 6.08. The predicted octanol–water partition coefficient (Wildman–Crippen LogP) is 4.31. The van der Waals surface area contributed by atoms with Crippen LogP contribution in [0.3, 0.4) is 0 Å². The standard InChI is InChI=1S/C20H22O4/c1-5-24-18-8-6-7-15(20(18)23-4)10-12-17(21)16-11-9-14(2)13-19(16)22-3/h6-13H,5H2,1-4H3/b12-10+. The van der Waals surface area contributed by atoms with Gasteiger partial charge in [0, 0.05) is 5.56 Å². The second-order valence-corrected chi connectivity index (χ2v) is 5.21. The van der Waals surface area contributed by atoms with Crippen molar-refractivity contribution < 1.29 is 19.0 Å². The number of allylic oxidation sites excluding steroid dienone is 1. The van der Waals surface area contributed by atoms with E-state index in [0.717, 1.165) is 11.1 Å². The van der Waals surface area contributed by atoms with Crippen molar-refractivity contribution in [3.8, 4) is 17.2 Å². The highest BCUT2D eigenvalue weighted by Crippen LogP contribution is 2.32. The van der Waals surface area contributed by atoms with E-state index < -0.39 is 0 Å². The lowest BCUT2D eigenvalue weighted by Gasteiger charge is -2.11. The topological polar surface area (TPSA) is 44.8 Å². The number of carbonyl (C=O) groups is 1. The van der Waals surface area contributed by atoms with Crippen molar-refractivity contribution in [2.24, 2.45) is 0 Å². The maximum Gasteiger partial charge on any atom is 0.189 e. The zero-order valence-electron chi connectivity index (χ0n) is 14.5. The SMILES string of the molecule is CCOc1cccc(/C=C/C(=O)c2ccc(C)cc2OC)c1OC. The van der Waals surface area contributed by atoms with Crippen molar-refractivity contribution in [1.29, 1.82) is 0 Å². The van der Waals surface area contributed by atoms with E-state index in [2.05, 4.69) is 0 Å². The summed E-state index contributed by atoms with van der Waals surface area (Å²) in [4.78, 5) is 12.5. The fraction of sp³-hybridized carbons (Fsp3) is 0.250. The van der Waals surface area contributed by atoms with E-state index >= 15 is 0 Å². The summed E-state index contributed by atoms with van der Waals surface area (Å²) in [7, 11) is 3.14. The first-order chi connectivity index (χ1) is 11.6. The fourth-order valence-corrected chi connectivity index (χ4v) is 2.41. The van der Waals surface area contributed by atoms with E-state index in [4.69, 9.17) is 14.2 Å². The molecule has 0 atom stereocenters. The molecular weight excluding hydrogens is 304 g/mol. The molecule has 0 amide bonds. The summed E-state index contributed by atoms with van der Waals surface area (Å²) in [6.45, 7) is 4.41. The third kappa shape index (κ3) is 3.96. The molecule has 0 aliphatic heterocycles. The number of benzene rings is 2. The molecule has 4 nitrogen and oxygen atoms in total. The fourth-order valence-electron chi connectivity index (χ4n) is 2.41. The van der Waals surface area contributed by atoms with Crippen molar-refractivity contribution in [2.75, 3.05) is 20.8 Å². The Balaban J connectivity index is 2.31. The van der Waals surface area contributed by atoms with Gasteiger partial charge in [0.15, 0.2) is 17.3 Å². The van der Waals surface area contributed by atoms with Crippen LogP contribution in [0, 0.1) is 6.92 Å². The smallest absolute Gasteiger partial charge is 0.189 e. The van der Waals surface area contributed by atoms with Crippen LogP contribution in [0.4, 0.5) is 0 Å². The van der Waals surface area contributed by atoms with Gasteiger partial charge in [-0.05, 0) is 49.8 Å². The molecule has 0 radical (unpaired) electrons. The molecule has 0 heterocycles. The van der Waals surface area contributed by atoms with Gasteiger partial charge in [-0.1, -0.05) is 18.2 Å². The van der Waals surface area contributed by atoms with Crippen LogP contribution >= 0.6 is 0 Å². The van der Waals surface area contributed by atoms with Gasteiger partial charge >= 0.3 is 0 Å². The van der Waals surface area contributed by atoms with E-state index in [1.54, 1.807) is 26.4 Å². The minimum atomic E-state index is -0.129. The van der Waals surface area contributed by atoms with Crippen LogP contribution in [0.5, 0.6) is 17.2 Å². The molecule has 4 heteroatoms. The van der Waals surface area contributed by atoms with Gasteiger partial charge in [-0.25, -0.2) is 0 Å². The third-order valence-corrected chi connectivity index (χ3v) is 3.55. The van der Waals surface area contributed by atoms with Gasteiger partial charge in [0.25, 0.3) is 0 Å². The number of methoxy groups -OCH3 is 2. The maximum atomic E-state index is 12.5. The first-order valence-electron chi connectivity index (χ1n) is 7.77. The van der Waals surface area contributed by atoms with E-state index in [1.807, 2.05) is 44.2 Å². The van der Waals surface area contributed by atoms with Crippen LogP contribution in [0.25, 0.3) is 6.08 Å². The third-order valence-electron chi connectivity index (χ3n) is 3.55. The molecule has 0 aromatic heterocycles. The van der Waals surface area contributed by atoms with Crippen LogP contribution in [-0.4, -0.2) is 26.6 Å². The number of para-hydroxylation sites is 1. The molecule has 126 valence electrons. The molecule has 0 bridgehead atoms. The van der Waals surface area contributed by atoms with E-state index in [-0.39, 0.29) is 5.78 Å². The van der Waals surface area contributed by atoms with Crippen molar-refractivity contribution in [3.63, 3.8) is 0 Å². The minimum Gasteiger partial charge on any atom is -0.496 e. The lowest BCUT2D eigenvalue weighted by Crippen LogP contribution is -2.00. The van der Waals surface area contributed by atoms with Gasteiger partial charge < -0.3 is 14.2 Å². The summed E-state index contributed by atoms with van der Waals surface area (Å²) >= 11 is 0. The minimum absolute atomic E-state index is 0.129. The maximum absolute atomic E-state index is 12.5. The van der Waals surface area contributed by atoms with Gasteiger partial charge in [0.2, 0.25) is 0 Å².